The fourth-order valence-electron chi connectivity index (χ4n) is 4.33. The quantitative estimate of drug-likeness (QED) is 0.632. The number of hydrogen-bond donors (Lipinski definition) is 1. The summed E-state index contributed by atoms with van der Waals surface area (Å²) in [5.74, 6) is 1.02. The zero-order chi connectivity index (χ0) is 22.9. The maximum Gasteiger partial charge on any atom is 0.252 e. The van der Waals surface area contributed by atoms with Crippen LogP contribution in [0.25, 0.3) is 11.3 Å². The van der Waals surface area contributed by atoms with Crippen LogP contribution in [0, 0.1) is 0 Å². The molecule has 1 unspecified atom stereocenters. The Morgan fingerprint density at radius 3 is 2.91 bits per heavy atom. The summed E-state index contributed by atoms with van der Waals surface area (Å²) in [5, 5.41) is 3.48. The Bertz CT molecular complexity index is 1230. The fourth-order valence-corrected chi connectivity index (χ4v) is 4.44. The third-order valence-electron chi connectivity index (χ3n) is 5.96. The summed E-state index contributed by atoms with van der Waals surface area (Å²) in [6.07, 6.45) is 1.78. The monoisotopic (exact) mass is 463 g/mol. The molecule has 0 saturated carbocycles. The average molecular weight is 464 g/mol. The molecule has 2 aliphatic heterocycles. The zero-order valence-corrected chi connectivity index (χ0v) is 18.8. The Kier molecular flexibility index (Phi) is 5.64. The van der Waals surface area contributed by atoms with Crippen molar-refractivity contribution in [1.82, 2.24) is 15.2 Å². The molecule has 5 rings (SSSR count). The highest BCUT2D eigenvalue weighted by Crippen LogP contribution is 2.38. The first-order valence-corrected chi connectivity index (χ1v) is 11.0. The number of rotatable bonds is 4. The molecular formula is C25H22ClN3O4. The van der Waals surface area contributed by atoms with Crippen molar-refractivity contribution in [2.45, 2.75) is 19.0 Å². The fraction of sp³-hybridized carbons (Fsp3) is 0.240. The molecule has 168 valence electrons. The van der Waals surface area contributed by atoms with Crippen molar-refractivity contribution in [2.75, 3.05) is 20.3 Å². The second-order valence-corrected chi connectivity index (χ2v) is 8.45. The van der Waals surface area contributed by atoms with Gasteiger partial charge in [0.15, 0.2) is 11.5 Å². The topological polar surface area (TPSA) is 80.8 Å². The molecule has 33 heavy (non-hydrogen) atoms. The molecule has 7 nitrogen and oxygen atoms in total. The number of halogens is 1. The molecule has 0 bridgehead atoms. The number of ether oxygens (including phenoxy) is 2. The average Bonchev–Trinajstić information content (AvgIpc) is 3.00. The molecule has 8 heteroatoms. The minimum Gasteiger partial charge on any atom is -0.493 e. The molecular weight excluding hydrogens is 442 g/mol. The number of nitrogens with one attached hydrogen (secondary N) is 1. The first-order chi connectivity index (χ1) is 16.0. The van der Waals surface area contributed by atoms with E-state index in [1.807, 2.05) is 36.4 Å². The largest absolute Gasteiger partial charge is 0.493 e. The minimum atomic E-state index is -0.330. The molecule has 3 heterocycles. The molecule has 2 amide bonds. The van der Waals surface area contributed by atoms with Gasteiger partial charge in [-0.2, -0.15) is 0 Å². The molecule has 3 aromatic rings. The highest BCUT2D eigenvalue weighted by atomic mass is 35.5. The number of fused-ring (bicyclic) bond motifs is 2. The first-order valence-electron chi connectivity index (χ1n) is 10.7. The van der Waals surface area contributed by atoms with Gasteiger partial charge < -0.3 is 19.7 Å². The summed E-state index contributed by atoms with van der Waals surface area (Å²) in [6, 6.07) is 14.5. The molecule has 0 aliphatic carbocycles. The summed E-state index contributed by atoms with van der Waals surface area (Å²) in [4.78, 5) is 31.6. The molecule has 2 aromatic carbocycles. The van der Waals surface area contributed by atoms with Crippen LogP contribution in [-0.2, 0) is 11.3 Å². The van der Waals surface area contributed by atoms with E-state index in [0.29, 0.717) is 41.8 Å². The van der Waals surface area contributed by atoms with E-state index in [2.05, 4.69) is 10.3 Å². The van der Waals surface area contributed by atoms with Crippen LogP contribution in [0.4, 0.5) is 0 Å². The summed E-state index contributed by atoms with van der Waals surface area (Å²) in [5.41, 5.74) is 3.91. The summed E-state index contributed by atoms with van der Waals surface area (Å²) in [7, 11) is 1.59. The van der Waals surface area contributed by atoms with Crippen molar-refractivity contribution in [3.63, 3.8) is 0 Å². The van der Waals surface area contributed by atoms with E-state index in [1.54, 1.807) is 30.3 Å². The Hall–Kier alpha value is -3.58. The maximum absolute atomic E-state index is 13.2. The third kappa shape index (κ3) is 4.12. The third-order valence-corrected chi connectivity index (χ3v) is 6.18. The number of nitrogens with zero attached hydrogens (tertiary/aromatic N) is 2. The summed E-state index contributed by atoms with van der Waals surface area (Å²) in [6.45, 7) is 1.16. The Morgan fingerprint density at radius 2 is 2.12 bits per heavy atom. The Morgan fingerprint density at radius 1 is 1.27 bits per heavy atom. The number of carbonyl (C=O) groups excluding carboxylic acids is 2. The Labute approximate surface area is 196 Å². The zero-order valence-electron chi connectivity index (χ0n) is 18.0. The Balaban J connectivity index is 1.41. The molecule has 0 radical (unpaired) electrons. The number of hydrogen-bond acceptors (Lipinski definition) is 5. The second-order valence-electron chi connectivity index (χ2n) is 8.01. The van der Waals surface area contributed by atoms with E-state index in [-0.39, 0.29) is 24.3 Å². The number of carbonyl (C=O) groups is 2. The van der Waals surface area contributed by atoms with Gasteiger partial charge in [0.2, 0.25) is 5.91 Å². The molecule has 0 spiro atoms. The van der Waals surface area contributed by atoms with Crippen molar-refractivity contribution in [3.05, 3.63) is 76.4 Å². The van der Waals surface area contributed by atoms with Crippen LogP contribution in [0.1, 0.15) is 33.9 Å². The van der Waals surface area contributed by atoms with Crippen molar-refractivity contribution < 1.29 is 19.1 Å². The van der Waals surface area contributed by atoms with Crippen LogP contribution < -0.4 is 14.8 Å². The van der Waals surface area contributed by atoms with Gasteiger partial charge in [-0.1, -0.05) is 29.8 Å². The van der Waals surface area contributed by atoms with Gasteiger partial charge in [-0.15, -0.1) is 0 Å². The standard InChI is InChI=1S/C25H22ClN3O4/c1-32-22-11-15(20-7-6-17(26)13-27-20)10-16-14-29(8-9-33-24(16)22)23(30)12-21-18-4-2-3-5-19(18)25(31)28-21/h2-7,10-11,13,21H,8-9,12,14H2,1H3,(H,28,31). The molecule has 1 aromatic heterocycles. The molecule has 1 atom stereocenters. The number of pyridine rings is 1. The number of methoxy groups -OCH3 is 1. The van der Waals surface area contributed by atoms with Gasteiger partial charge >= 0.3 is 0 Å². The predicted molar refractivity (Wildman–Crippen MR) is 123 cm³/mol. The number of amides is 2. The lowest BCUT2D eigenvalue weighted by atomic mass is 10.0. The molecule has 0 saturated heterocycles. The van der Waals surface area contributed by atoms with Gasteiger partial charge in [0.05, 0.1) is 36.8 Å². The van der Waals surface area contributed by atoms with Gasteiger partial charge in [0.1, 0.15) is 6.61 Å². The first kappa shape index (κ1) is 21.3. The van der Waals surface area contributed by atoms with Crippen molar-refractivity contribution in [1.29, 1.82) is 0 Å². The second kappa shape index (κ2) is 8.75. The molecule has 1 N–H and O–H groups in total. The van der Waals surface area contributed by atoms with Crippen LogP contribution in [0.5, 0.6) is 11.5 Å². The van der Waals surface area contributed by atoms with Crippen LogP contribution in [0.3, 0.4) is 0 Å². The lowest BCUT2D eigenvalue weighted by molar-refractivity contribution is -0.132. The van der Waals surface area contributed by atoms with Gasteiger partial charge in [-0.3, -0.25) is 14.6 Å². The maximum atomic E-state index is 13.2. The van der Waals surface area contributed by atoms with Crippen LogP contribution in [0.2, 0.25) is 5.02 Å². The van der Waals surface area contributed by atoms with E-state index in [0.717, 1.165) is 22.4 Å². The van der Waals surface area contributed by atoms with Crippen molar-refractivity contribution in [3.8, 4) is 22.8 Å². The highest BCUT2D eigenvalue weighted by Gasteiger charge is 2.32. The van der Waals surface area contributed by atoms with E-state index in [9.17, 15) is 9.59 Å². The highest BCUT2D eigenvalue weighted by molar-refractivity contribution is 6.30. The molecule has 0 fully saturated rings. The van der Waals surface area contributed by atoms with Gasteiger partial charge in [0.25, 0.3) is 5.91 Å². The van der Waals surface area contributed by atoms with Crippen LogP contribution >= 0.6 is 11.6 Å². The van der Waals surface area contributed by atoms with Crippen molar-refractivity contribution >= 4 is 23.4 Å². The van der Waals surface area contributed by atoms with E-state index < -0.39 is 0 Å². The predicted octanol–water partition coefficient (Wildman–Crippen LogP) is 4.01. The normalized spacial score (nSPS) is 16.8. The van der Waals surface area contributed by atoms with E-state index in [4.69, 9.17) is 21.1 Å². The van der Waals surface area contributed by atoms with Crippen molar-refractivity contribution in [2.24, 2.45) is 0 Å². The SMILES string of the molecule is COc1cc(-c2ccc(Cl)cn2)cc2c1OCCN(C(=O)CC1NC(=O)c3ccccc31)C2. The lowest BCUT2D eigenvalue weighted by Gasteiger charge is -2.22. The number of benzene rings is 2. The van der Waals surface area contributed by atoms with Gasteiger partial charge in [-0.25, -0.2) is 0 Å². The van der Waals surface area contributed by atoms with Crippen LogP contribution in [0.15, 0.2) is 54.7 Å². The summed E-state index contributed by atoms with van der Waals surface area (Å²) < 4.78 is 11.6. The minimum absolute atomic E-state index is 0.0533. The summed E-state index contributed by atoms with van der Waals surface area (Å²) >= 11 is 5.98. The van der Waals surface area contributed by atoms with Gasteiger partial charge in [-0.05, 0) is 35.9 Å². The van der Waals surface area contributed by atoms with Gasteiger partial charge in [0, 0.05) is 29.4 Å². The van der Waals surface area contributed by atoms with E-state index in [1.165, 1.54) is 0 Å². The smallest absolute Gasteiger partial charge is 0.252 e. The molecule has 2 aliphatic rings. The van der Waals surface area contributed by atoms with E-state index >= 15 is 0 Å². The lowest BCUT2D eigenvalue weighted by Crippen LogP contribution is -2.35. The number of aromatic nitrogens is 1. The van der Waals surface area contributed by atoms with Crippen LogP contribution in [-0.4, -0.2) is 42.0 Å².